The van der Waals surface area contributed by atoms with Crippen LogP contribution in [0.25, 0.3) is 11.1 Å². The molecule has 2 aromatic rings. The summed E-state index contributed by atoms with van der Waals surface area (Å²) in [7, 11) is -10.5. The summed E-state index contributed by atoms with van der Waals surface area (Å²) in [5.74, 6) is 4.63. The number of hydrogen-bond acceptors (Lipinski definition) is 9. The number of ether oxygens (including phenoxy) is 1. The van der Waals surface area contributed by atoms with Crippen LogP contribution in [0.15, 0.2) is 59.6 Å². The summed E-state index contributed by atoms with van der Waals surface area (Å²) in [6, 6.07) is 8.19. The van der Waals surface area contributed by atoms with Crippen molar-refractivity contribution in [2.24, 2.45) is 27.9 Å². The zero-order valence-electron chi connectivity index (χ0n) is 20.0. The van der Waals surface area contributed by atoms with Crippen molar-refractivity contribution in [3.63, 3.8) is 0 Å². The number of aromatic nitrogens is 1. The summed E-state index contributed by atoms with van der Waals surface area (Å²) in [4.78, 5) is 17.8. The second-order valence-electron chi connectivity index (χ2n) is 8.16. The Labute approximate surface area is 223 Å². The summed E-state index contributed by atoms with van der Waals surface area (Å²) in [5, 5.41) is -2.18. The summed E-state index contributed by atoms with van der Waals surface area (Å²) in [6.07, 6.45) is 3.41. The van der Waals surface area contributed by atoms with Gasteiger partial charge in [-0.1, -0.05) is 17.9 Å². The number of nitrogens with zero attached hydrogens (tertiary/aromatic N) is 2. The number of rotatable bonds is 6. The highest BCUT2D eigenvalue weighted by Crippen LogP contribution is 2.29. The predicted molar refractivity (Wildman–Crippen MR) is 135 cm³/mol. The molecule has 0 spiro atoms. The highest BCUT2D eigenvalue weighted by atomic mass is 32.2. The van der Waals surface area contributed by atoms with Crippen LogP contribution in [-0.4, -0.2) is 54.5 Å². The third kappa shape index (κ3) is 7.99. The summed E-state index contributed by atoms with van der Waals surface area (Å²) in [6.45, 7) is -0.0355. The van der Waals surface area contributed by atoms with Crippen molar-refractivity contribution in [3.05, 3.63) is 60.1 Å². The standard InChI is InChI=1S/C22H23N7O8S2/c23-19(30)11-29-7-5-14(6-8-29)17-4-3-16(27-22(26)28-21(24)25)10-15(17)2-1-13-9-18(38(31,32)33)20(37-12-13)39(34,35)36/h3-8,10,12,18,20H,9,11H2,(H9,23,24,25,26,28,30,31,32,33,34,35,36)/t18-,20-/m1/s1. The van der Waals surface area contributed by atoms with Crippen LogP contribution in [0, 0.1) is 11.8 Å². The largest absolute Gasteiger partial charge is 0.748 e. The number of carbonyl (C=O) groups excluding carboxylic acids is 1. The average Bonchev–Trinajstić information content (AvgIpc) is 2.81. The van der Waals surface area contributed by atoms with Gasteiger partial charge in [0.2, 0.25) is 12.0 Å². The zero-order valence-corrected chi connectivity index (χ0v) is 21.6. The Morgan fingerprint density at radius 1 is 1.05 bits per heavy atom. The molecule has 3 rings (SSSR count). The maximum atomic E-state index is 11.6. The number of amides is 1. The van der Waals surface area contributed by atoms with Crippen molar-refractivity contribution in [3.8, 4) is 23.0 Å². The van der Waals surface area contributed by atoms with Gasteiger partial charge in [0.25, 0.3) is 11.9 Å². The number of hydrogen-bond donors (Lipinski definition) is 5. The number of pyridine rings is 1. The van der Waals surface area contributed by atoms with Crippen LogP contribution in [0.3, 0.4) is 0 Å². The molecule has 1 aromatic carbocycles. The highest BCUT2D eigenvalue weighted by molar-refractivity contribution is 7.90. The first-order valence-corrected chi connectivity index (χ1v) is 13.7. The first-order valence-electron chi connectivity index (χ1n) is 10.8. The number of carbonyl (C=O) groups is 1. The van der Waals surface area contributed by atoms with Crippen LogP contribution in [0.1, 0.15) is 12.0 Å². The fourth-order valence-electron chi connectivity index (χ4n) is 3.51. The van der Waals surface area contributed by atoms with Gasteiger partial charge in [0.1, 0.15) is 31.2 Å². The number of nitrogens with one attached hydrogen (secondary N) is 1. The van der Waals surface area contributed by atoms with E-state index in [4.69, 9.17) is 27.7 Å². The van der Waals surface area contributed by atoms with Gasteiger partial charge in [-0.3, -0.25) is 4.79 Å². The van der Waals surface area contributed by atoms with Gasteiger partial charge in [-0.2, -0.15) is 4.57 Å². The molecule has 0 radical (unpaired) electrons. The smallest absolute Gasteiger partial charge is 0.316 e. The van der Waals surface area contributed by atoms with Crippen molar-refractivity contribution >= 4 is 43.7 Å². The molecule has 206 valence electrons. The van der Waals surface area contributed by atoms with Gasteiger partial charge in [0.05, 0.1) is 6.26 Å². The summed E-state index contributed by atoms with van der Waals surface area (Å²) < 4.78 is 75.4. The number of benzene rings is 1. The lowest BCUT2D eigenvalue weighted by Crippen LogP contribution is -2.84. The number of aliphatic imine (C=N–C) groups is 1. The molecular formula is C22H23N7O8S2. The summed E-state index contributed by atoms with van der Waals surface area (Å²) >= 11 is 0. The Morgan fingerprint density at radius 2 is 1.72 bits per heavy atom. The SMILES string of the molecule is NC(=O)C[n+]1ccc(-c2ccc(N=C(N)[NH+]=C(N)N)cc2C#CC2=CO[C@H](S(=O)(=O)[O-])[C@H](S(=O)(=O)[O-])C2)cc1. The van der Waals surface area contributed by atoms with Crippen molar-refractivity contribution in [2.45, 2.75) is 23.7 Å². The van der Waals surface area contributed by atoms with Crippen LogP contribution in [0.4, 0.5) is 5.69 Å². The molecule has 9 N–H and O–H groups in total. The van der Waals surface area contributed by atoms with Gasteiger partial charge in [0, 0.05) is 29.7 Å². The molecule has 0 saturated carbocycles. The molecule has 0 unspecified atom stereocenters. The highest BCUT2D eigenvalue weighted by Gasteiger charge is 2.37. The fourth-order valence-corrected chi connectivity index (χ4v) is 5.71. The molecule has 15 nitrogen and oxygen atoms in total. The van der Waals surface area contributed by atoms with Gasteiger partial charge >= 0.3 is 5.96 Å². The minimum absolute atomic E-state index is 0.0355. The van der Waals surface area contributed by atoms with Gasteiger partial charge in [-0.05, 0) is 23.3 Å². The zero-order chi connectivity index (χ0) is 29.0. The maximum Gasteiger partial charge on any atom is 0.316 e. The molecule has 0 aliphatic carbocycles. The van der Waals surface area contributed by atoms with E-state index in [1.807, 2.05) is 0 Å². The Morgan fingerprint density at radius 3 is 2.28 bits per heavy atom. The topological polar surface area (TPSA) is 275 Å². The maximum absolute atomic E-state index is 11.6. The average molecular weight is 578 g/mol. The molecule has 2 heterocycles. The Kier molecular flexibility index (Phi) is 8.56. The third-order valence-corrected chi connectivity index (χ3v) is 7.48. The van der Waals surface area contributed by atoms with Gasteiger partial charge in [0.15, 0.2) is 12.4 Å². The molecular weight excluding hydrogens is 554 g/mol. The minimum atomic E-state index is -5.26. The number of primary amides is 1. The van der Waals surface area contributed by atoms with Crippen molar-refractivity contribution in [1.29, 1.82) is 0 Å². The second kappa shape index (κ2) is 11.5. The molecule has 2 atom stereocenters. The Bertz CT molecular complexity index is 1650. The monoisotopic (exact) mass is 577 g/mol. The lowest BCUT2D eigenvalue weighted by Gasteiger charge is -2.33. The van der Waals surface area contributed by atoms with E-state index in [2.05, 4.69) is 21.8 Å². The van der Waals surface area contributed by atoms with Gasteiger partial charge in [-0.25, -0.2) is 21.8 Å². The molecule has 39 heavy (non-hydrogen) atoms. The van der Waals surface area contributed by atoms with E-state index in [0.717, 1.165) is 6.26 Å². The third-order valence-electron chi connectivity index (χ3n) is 5.15. The van der Waals surface area contributed by atoms with E-state index in [9.17, 15) is 30.7 Å². The van der Waals surface area contributed by atoms with Crippen LogP contribution < -0.4 is 32.5 Å². The summed E-state index contributed by atoms with van der Waals surface area (Å²) in [5.41, 5.74) is 21.2. The molecule has 1 amide bonds. The second-order valence-corrected chi connectivity index (χ2v) is 11.2. The van der Waals surface area contributed by atoms with E-state index in [-0.39, 0.29) is 24.0 Å². The molecule has 0 saturated heterocycles. The van der Waals surface area contributed by atoms with Crippen LogP contribution in [0.2, 0.25) is 0 Å². The van der Waals surface area contributed by atoms with Crippen LogP contribution >= 0.6 is 0 Å². The van der Waals surface area contributed by atoms with E-state index in [1.165, 1.54) is 6.07 Å². The first kappa shape index (κ1) is 29.1. The predicted octanol–water partition coefficient (Wildman–Crippen LogP) is -4.13. The van der Waals surface area contributed by atoms with E-state index in [1.54, 1.807) is 41.2 Å². The fraction of sp³-hybridized carbons (Fsp3) is 0.182. The number of nitrogens with two attached hydrogens (primary N) is 4. The lowest BCUT2D eigenvalue weighted by molar-refractivity contribution is -0.684. The van der Waals surface area contributed by atoms with Crippen molar-refractivity contribution < 1.29 is 45.0 Å². The van der Waals surface area contributed by atoms with E-state index < -0.39 is 43.3 Å². The molecule has 17 heteroatoms. The quantitative estimate of drug-likeness (QED) is 0.0722. The minimum Gasteiger partial charge on any atom is -0.748 e. The molecule has 1 aliphatic rings. The lowest BCUT2D eigenvalue weighted by atomic mass is 9.99. The van der Waals surface area contributed by atoms with Crippen LogP contribution in [0.5, 0.6) is 0 Å². The Balaban J connectivity index is 2.07. The van der Waals surface area contributed by atoms with E-state index >= 15 is 0 Å². The number of allylic oxidation sites excluding steroid dienone is 1. The normalized spacial score (nSPS) is 17.7. The van der Waals surface area contributed by atoms with Crippen molar-refractivity contribution in [2.75, 3.05) is 0 Å². The van der Waals surface area contributed by atoms with E-state index in [0.29, 0.717) is 22.4 Å². The molecule has 1 aliphatic heterocycles. The van der Waals surface area contributed by atoms with Crippen molar-refractivity contribution in [1.82, 2.24) is 0 Å². The number of guanidine groups is 2. The first-order chi connectivity index (χ1) is 18.1. The molecule has 0 bridgehead atoms. The molecule has 0 fully saturated rings. The molecule has 1 aromatic heterocycles. The Hall–Kier alpha value is -4.50. The van der Waals surface area contributed by atoms with Gasteiger partial charge in [-0.15, -0.1) is 4.99 Å². The van der Waals surface area contributed by atoms with Crippen LogP contribution in [-0.2, 0) is 36.3 Å². The van der Waals surface area contributed by atoms with Gasteiger partial charge < -0.3 is 36.8 Å².